The van der Waals surface area contributed by atoms with Crippen LogP contribution in [0.5, 0.6) is 17.2 Å². The SMILES string of the molecule is COC(=O)[C@@H](NC(=O)N1C(=O)[C@@]2(c3cc(C#CCCO)ccc31)[C@H](c1cccc(OCCO)c1)N1[C@H](c3ccccc3)[C@H](c3ccccc3)OC(=O)[C@H]1[C@@H]2C(=O)N1CCN(Cc2ccc3c(c2)OCO3)CC1)C(C)C. The van der Waals surface area contributed by atoms with Crippen molar-refractivity contribution >= 4 is 35.5 Å². The largest absolute Gasteiger partial charge is 0.491 e. The average molecular weight is 1020 g/mol. The summed E-state index contributed by atoms with van der Waals surface area (Å²) in [6, 6.07) is 30.9. The topological polar surface area (TPSA) is 197 Å². The summed E-state index contributed by atoms with van der Waals surface area (Å²) in [5.41, 5.74) is 1.53. The molecule has 0 aromatic heterocycles. The minimum absolute atomic E-state index is 0.0504. The van der Waals surface area contributed by atoms with Crippen LogP contribution >= 0.6 is 0 Å². The van der Waals surface area contributed by atoms with Crippen molar-refractivity contribution in [3.8, 4) is 29.1 Å². The van der Waals surface area contributed by atoms with Crippen molar-refractivity contribution in [2.45, 2.75) is 62.5 Å². The third-order valence-electron chi connectivity index (χ3n) is 14.9. The van der Waals surface area contributed by atoms with Gasteiger partial charge in [-0.3, -0.25) is 24.2 Å². The van der Waals surface area contributed by atoms with Crippen LogP contribution in [-0.2, 0) is 40.6 Å². The molecular formula is C58H59N5O12. The second kappa shape index (κ2) is 21.6. The Morgan fingerprint density at radius 1 is 0.800 bits per heavy atom. The number of rotatable bonds is 13. The lowest BCUT2D eigenvalue weighted by Crippen LogP contribution is -2.59. The zero-order valence-electron chi connectivity index (χ0n) is 41.9. The van der Waals surface area contributed by atoms with Gasteiger partial charge >= 0.3 is 18.0 Å². The summed E-state index contributed by atoms with van der Waals surface area (Å²) in [6.07, 6.45) is -0.816. The predicted molar refractivity (Wildman–Crippen MR) is 273 cm³/mol. The maximum absolute atomic E-state index is 16.8. The summed E-state index contributed by atoms with van der Waals surface area (Å²) in [5.74, 6) is 2.96. The van der Waals surface area contributed by atoms with Crippen LogP contribution in [0.4, 0.5) is 10.5 Å². The molecule has 5 aromatic rings. The average Bonchev–Trinajstić information content (AvgIpc) is 4.20. The Morgan fingerprint density at radius 2 is 1.52 bits per heavy atom. The van der Waals surface area contributed by atoms with Gasteiger partial charge in [0.05, 0.1) is 44.0 Å². The van der Waals surface area contributed by atoms with E-state index in [-0.39, 0.29) is 57.4 Å². The van der Waals surface area contributed by atoms with Gasteiger partial charge in [-0.15, -0.1) is 0 Å². The van der Waals surface area contributed by atoms with E-state index in [0.29, 0.717) is 53.6 Å². The first-order valence-electron chi connectivity index (χ1n) is 25.3. The number of esters is 2. The highest BCUT2D eigenvalue weighted by molar-refractivity contribution is 6.25. The van der Waals surface area contributed by atoms with Crippen molar-refractivity contribution in [3.05, 3.63) is 155 Å². The number of cyclic esters (lactones) is 1. The number of imide groups is 1. The molecule has 5 aliphatic heterocycles. The lowest BCUT2D eigenvalue weighted by atomic mass is 9.64. The second-order valence-electron chi connectivity index (χ2n) is 19.5. The second-order valence-corrected chi connectivity index (χ2v) is 19.5. The highest BCUT2D eigenvalue weighted by atomic mass is 16.7. The molecule has 5 aliphatic rings. The number of piperazine rings is 1. The van der Waals surface area contributed by atoms with E-state index in [2.05, 4.69) is 22.1 Å². The Kier molecular flexibility index (Phi) is 14.6. The number of hydrogen-bond acceptors (Lipinski definition) is 14. The summed E-state index contributed by atoms with van der Waals surface area (Å²) in [4.78, 5) is 84.3. The number of benzene rings is 5. The third kappa shape index (κ3) is 9.33. The molecule has 5 aromatic carbocycles. The van der Waals surface area contributed by atoms with E-state index in [9.17, 15) is 15.0 Å². The number of methoxy groups -OCH3 is 1. The molecule has 4 amide bonds. The molecular weight excluding hydrogens is 959 g/mol. The fraction of sp³-hybridized carbons (Fsp3) is 0.362. The van der Waals surface area contributed by atoms with E-state index in [4.69, 9.17) is 23.7 Å². The Morgan fingerprint density at radius 3 is 2.23 bits per heavy atom. The number of carbonyl (C=O) groups excluding carboxylic acids is 5. The van der Waals surface area contributed by atoms with Crippen molar-refractivity contribution in [1.29, 1.82) is 0 Å². The standard InChI is InChI=1S/C58H59N5O12/c1-36(2)48(54(67)71-3)59-57(70)62-44-22-20-37(13-10-11-28-64)31-43(44)58(56(62)69)47(53(66)61-26-24-60(25-27-61)34-38-21-23-45-46(32-38)74-35-73-45)50-55(68)75-51(40-16-8-5-9-17-40)49(39-14-6-4-7-15-39)63(50)52(58)41-18-12-19-42(33-41)72-30-29-65/h4-9,12,14-23,31-33,36,47-52,64-65H,11,24-30,34-35H2,1-3H3,(H,59,70)/t47-,48+,49-,50-,51+,52+,58-/m1/s1. The number of urea groups is 1. The molecule has 0 radical (unpaired) electrons. The highest BCUT2D eigenvalue weighted by Gasteiger charge is 2.76. The molecule has 1 spiro atoms. The fourth-order valence-electron chi connectivity index (χ4n) is 11.6. The Bertz CT molecular complexity index is 3030. The van der Waals surface area contributed by atoms with Gasteiger partial charge in [-0.05, 0) is 76.2 Å². The number of anilines is 1. The van der Waals surface area contributed by atoms with Gasteiger partial charge in [-0.1, -0.05) is 105 Å². The Labute approximate surface area is 434 Å². The fourth-order valence-corrected chi connectivity index (χ4v) is 11.6. The lowest BCUT2D eigenvalue weighted by Gasteiger charge is -2.46. The molecule has 75 heavy (non-hydrogen) atoms. The molecule has 3 fully saturated rings. The monoisotopic (exact) mass is 1020 g/mol. The van der Waals surface area contributed by atoms with Crippen molar-refractivity contribution in [2.75, 3.05) is 64.8 Å². The molecule has 7 atom stereocenters. The zero-order valence-corrected chi connectivity index (χ0v) is 41.9. The molecule has 17 nitrogen and oxygen atoms in total. The number of aliphatic hydroxyl groups excluding tert-OH is 2. The number of amides is 4. The summed E-state index contributed by atoms with van der Waals surface area (Å²) < 4.78 is 29.0. The van der Waals surface area contributed by atoms with Crippen molar-refractivity contribution < 1.29 is 57.9 Å². The Balaban J connectivity index is 1.20. The predicted octanol–water partition coefficient (Wildman–Crippen LogP) is 5.44. The summed E-state index contributed by atoms with van der Waals surface area (Å²) in [7, 11) is 1.21. The lowest BCUT2D eigenvalue weighted by molar-refractivity contribution is -0.179. The van der Waals surface area contributed by atoms with Crippen LogP contribution < -0.4 is 24.4 Å². The minimum atomic E-state index is -2.11. The van der Waals surface area contributed by atoms with Crippen LogP contribution in [-0.4, -0.2) is 127 Å². The minimum Gasteiger partial charge on any atom is -0.491 e. The van der Waals surface area contributed by atoms with E-state index in [1.54, 1.807) is 55.1 Å². The van der Waals surface area contributed by atoms with Crippen LogP contribution in [0.25, 0.3) is 0 Å². The van der Waals surface area contributed by atoms with Crippen LogP contribution in [0, 0.1) is 23.7 Å². The molecule has 3 N–H and O–H groups in total. The molecule has 0 saturated carbocycles. The Hall–Kier alpha value is -7.75. The van der Waals surface area contributed by atoms with E-state index in [1.165, 1.54) is 7.11 Å². The first-order chi connectivity index (χ1) is 36.5. The van der Waals surface area contributed by atoms with E-state index in [0.717, 1.165) is 16.0 Å². The van der Waals surface area contributed by atoms with Gasteiger partial charge in [0.25, 0.3) is 0 Å². The first kappa shape index (κ1) is 50.8. The van der Waals surface area contributed by atoms with E-state index < -0.39 is 77.3 Å². The van der Waals surface area contributed by atoms with Crippen molar-refractivity contribution in [1.82, 2.24) is 20.0 Å². The van der Waals surface area contributed by atoms with E-state index in [1.807, 2.05) is 89.8 Å². The van der Waals surface area contributed by atoms with Gasteiger partial charge in [0, 0.05) is 44.7 Å². The highest BCUT2D eigenvalue weighted by Crippen LogP contribution is 2.66. The number of nitrogens with zero attached hydrogens (tertiary/aromatic N) is 4. The number of carbonyl (C=O) groups is 5. The molecule has 388 valence electrons. The molecule has 5 heterocycles. The number of hydrogen-bond donors (Lipinski definition) is 3. The molecule has 17 heteroatoms. The number of aliphatic hydroxyl groups is 2. The third-order valence-corrected chi connectivity index (χ3v) is 14.9. The van der Waals surface area contributed by atoms with Crippen LogP contribution in [0.1, 0.15) is 71.8 Å². The molecule has 10 rings (SSSR count). The summed E-state index contributed by atoms with van der Waals surface area (Å²) in [6.45, 7) is 5.00. The molecule has 0 bridgehead atoms. The van der Waals surface area contributed by atoms with Gasteiger partial charge in [0.15, 0.2) is 11.5 Å². The maximum atomic E-state index is 16.8. The molecule has 0 aliphatic carbocycles. The van der Waals surface area contributed by atoms with Crippen molar-refractivity contribution in [3.63, 3.8) is 0 Å². The number of morpholine rings is 1. The van der Waals surface area contributed by atoms with E-state index >= 15 is 19.2 Å². The van der Waals surface area contributed by atoms with Gasteiger partial charge < -0.3 is 44.1 Å². The summed E-state index contributed by atoms with van der Waals surface area (Å²) in [5, 5.41) is 22.4. The van der Waals surface area contributed by atoms with Crippen LogP contribution in [0.15, 0.2) is 121 Å². The smallest absolute Gasteiger partial charge is 0.329 e. The maximum Gasteiger partial charge on any atom is 0.329 e. The van der Waals surface area contributed by atoms with Crippen LogP contribution in [0.3, 0.4) is 0 Å². The molecule has 3 saturated heterocycles. The molecule has 0 unspecified atom stereocenters. The van der Waals surface area contributed by atoms with Gasteiger partial charge in [0.2, 0.25) is 18.6 Å². The first-order valence-corrected chi connectivity index (χ1v) is 25.3. The van der Waals surface area contributed by atoms with Crippen molar-refractivity contribution in [2.24, 2.45) is 11.8 Å². The van der Waals surface area contributed by atoms with Gasteiger partial charge in [-0.2, -0.15) is 0 Å². The number of fused-ring (bicyclic) bond motifs is 4. The van der Waals surface area contributed by atoms with Gasteiger partial charge in [0.1, 0.15) is 36.0 Å². The number of ether oxygens (including phenoxy) is 5. The zero-order chi connectivity index (χ0) is 52.4. The number of nitrogens with one attached hydrogen (secondary N) is 1. The van der Waals surface area contributed by atoms with Gasteiger partial charge in [-0.25, -0.2) is 14.5 Å². The van der Waals surface area contributed by atoms with Crippen LogP contribution in [0.2, 0.25) is 0 Å². The quantitative estimate of drug-likeness (QED) is 0.0997. The summed E-state index contributed by atoms with van der Waals surface area (Å²) >= 11 is 0. The normalized spacial score (nSPS) is 23.3.